The maximum absolute atomic E-state index is 9.91. The molecule has 2 nitrogen and oxygen atoms in total. The van der Waals surface area contributed by atoms with Crippen molar-refractivity contribution in [3.63, 3.8) is 0 Å². The van der Waals surface area contributed by atoms with Crippen molar-refractivity contribution in [1.29, 1.82) is 0 Å². The first kappa shape index (κ1) is 30.0. The van der Waals surface area contributed by atoms with E-state index in [1.54, 1.807) is 0 Å². The van der Waals surface area contributed by atoms with Gasteiger partial charge in [-0.1, -0.05) is 184 Å². The van der Waals surface area contributed by atoms with Gasteiger partial charge < -0.3 is 9.80 Å². The SMILES string of the molecule is [2H]c1c([2H])c([2H])c(-c2c([2H])c([2H])c(N(c3ccc4c(c3)C(C)(C)c3ccccc3-4)c3ccc4c(c3)C3(c5ccccc5-c5ccc(N(c6ccccc6)c6ccccc6)cc53)c3ccccc3-4)c([2H])c2[2H])c([2H])c1[2H]. The number of fused-ring (bicyclic) bond motifs is 13. The predicted molar refractivity (Wildman–Crippen MR) is 275 cm³/mol. The molecule has 10 aromatic rings. The molecule has 0 aromatic heterocycles. The van der Waals surface area contributed by atoms with Crippen LogP contribution in [0.1, 0.15) is 59.6 Å². The fraction of sp³-hybridized carbons (Fsp3) is 0.0625. The van der Waals surface area contributed by atoms with Gasteiger partial charge in [0.15, 0.2) is 0 Å². The Hall–Kier alpha value is -8.20. The largest absolute Gasteiger partial charge is 0.310 e. The molecule has 3 aliphatic rings. The minimum absolute atomic E-state index is 0.0465. The Morgan fingerprint density at radius 3 is 1.20 bits per heavy atom. The molecule has 66 heavy (non-hydrogen) atoms. The zero-order valence-corrected chi connectivity index (χ0v) is 36.3. The molecule has 0 heterocycles. The maximum Gasteiger partial charge on any atom is 0.0727 e. The molecule has 3 aliphatic carbocycles. The third kappa shape index (κ3) is 5.55. The Morgan fingerprint density at radius 2 is 0.682 bits per heavy atom. The highest BCUT2D eigenvalue weighted by Crippen LogP contribution is 2.64. The fourth-order valence-electron chi connectivity index (χ4n) is 11.2. The molecule has 10 aromatic carbocycles. The first-order chi connectivity index (χ1) is 36.2. The molecule has 0 saturated carbocycles. The monoisotopic (exact) mass is 851 g/mol. The van der Waals surface area contributed by atoms with Gasteiger partial charge in [0, 0.05) is 39.5 Å². The normalized spacial score (nSPS) is 17.2. The Balaban J connectivity index is 1.09. The van der Waals surface area contributed by atoms with Gasteiger partial charge in [-0.05, 0) is 151 Å². The standard InChI is InChI=1S/C64H46N2/c1-63(2)57-27-15-12-24-51(57)54-37-34-48(40-60(54)63)66(47-32-30-44(31-33-47)43-18-6-3-7-19-43)50-36-39-56-53-26-14-17-29-59(53)64(62(56)42-50)58-28-16-13-25-52(58)55-38-35-49(41-61(55)64)65(45-20-8-4-9-21-45)46-22-10-5-11-23-46/h3-42H,1-2H3/i3D,6D,7D,18D,19D,30D,31D,32D,33D. The zero-order chi connectivity index (χ0) is 51.8. The highest BCUT2D eigenvalue weighted by molar-refractivity contribution is 5.98. The van der Waals surface area contributed by atoms with Gasteiger partial charge in [-0.2, -0.15) is 0 Å². The molecule has 0 fully saturated rings. The van der Waals surface area contributed by atoms with Crippen molar-refractivity contribution in [2.75, 3.05) is 9.80 Å². The van der Waals surface area contributed by atoms with Crippen LogP contribution in [0.15, 0.2) is 242 Å². The minimum atomic E-state index is -0.851. The van der Waals surface area contributed by atoms with E-state index in [1.807, 2.05) is 41.3 Å². The number of hydrogen-bond acceptors (Lipinski definition) is 2. The molecule has 1 unspecified atom stereocenters. The van der Waals surface area contributed by atoms with Crippen molar-refractivity contribution in [3.8, 4) is 44.5 Å². The molecule has 1 spiro atoms. The Bertz CT molecular complexity index is 3950. The molecule has 2 heteroatoms. The summed E-state index contributed by atoms with van der Waals surface area (Å²) in [5.41, 5.74) is 15.1. The van der Waals surface area contributed by atoms with Crippen LogP contribution in [0.4, 0.5) is 34.1 Å². The lowest BCUT2D eigenvalue weighted by atomic mass is 9.70. The van der Waals surface area contributed by atoms with Crippen molar-refractivity contribution < 1.29 is 12.3 Å². The van der Waals surface area contributed by atoms with Crippen LogP contribution in [-0.2, 0) is 10.8 Å². The van der Waals surface area contributed by atoms with E-state index in [2.05, 4.69) is 170 Å². The van der Waals surface area contributed by atoms with Crippen LogP contribution in [0.25, 0.3) is 44.5 Å². The summed E-state index contributed by atoms with van der Waals surface area (Å²) < 4.78 is 81.9. The second kappa shape index (κ2) is 14.7. The highest BCUT2D eigenvalue weighted by atomic mass is 15.1. The number of rotatable bonds is 7. The van der Waals surface area contributed by atoms with Crippen LogP contribution in [-0.4, -0.2) is 0 Å². The number of hydrogen-bond donors (Lipinski definition) is 0. The smallest absolute Gasteiger partial charge is 0.0727 e. The minimum Gasteiger partial charge on any atom is -0.310 e. The molecular formula is C64H46N2. The second-order valence-electron chi connectivity index (χ2n) is 17.8. The van der Waals surface area contributed by atoms with Crippen molar-refractivity contribution in [2.24, 2.45) is 0 Å². The van der Waals surface area contributed by atoms with Crippen LogP contribution in [0, 0.1) is 0 Å². The van der Waals surface area contributed by atoms with Crippen LogP contribution in [0.3, 0.4) is 0 Å². The van der Waals surface area contributed by atoms with Gasteiger partial charge in [0.25, 0.3) is 0 Å². The first-order valence-electron chi connectivity index (χ1n) is 26.9. The van der Waals surface area contributed by atoms with Crippen LogP contribution in [0.5, 0.6) is 0 Å². The predicted octanol–water partition coefficient (Wildman–Crippen LogP) is 16.9. The third-order valence-electron chi connectivity index (χ3n) is 14.0. The van der Waals surface area contributed by atoms with E-state index in [0.717, 1.165) is 78.3 Å². The Morgan fingerprint density at radius 1 is 0.303 bits per heavy atom. The lowest BCUT2D eigenvalue weighted by Crippen LogP contribution is -2.26. The summed E-state index contributed by atoms with van der Waals surface area (Å²) in [6.07, 6.45) is 0. The Labute approximate surface area is 400 Å². The summed E-state index contributed by atoms with van der Waals surface area (Å²) in [4.78, 5) is 4.09. The van der Waals surface area contributed by atoms with E-state index in [4.69, 9.17) is 6.85 Å². The topological polar surface area (TPSA) is 6.48 Å². The molecule has 13 rings (SSSR count). The van der Waals surface area contributed by atoms with Gasteiger partial charge >= 0.3 is 0 Å². The molecule has 0 N–H and O–H groups in total. The van der Waals surface area contributed by atoms with E-state index in [-0.39, 0.29) is 16.8 Å². The highest BCUT2D eigenvalue weighted by Gasteiger charge is 2.52. The molecule has 0 radical (unpaired) electrons. The number of anilines is 6. The quantitative estimate of drug-likeness (QED) is 0.158. The van der Waals surface area contributed by atoms with E-state index in [9.17, 15) is 5.48 Å². The molecular weight excluding hydrogens is 797 g/mol. The summed E-state index contributed by atoms with van der Waals surface area (Å²) in [6.45, 7) is 4.37. The molecule has 312 valence electrons. The van der Waals surface area contributed by atoms with E-state index in [1.165, 1.54) is 5.56 Å². The lowest BCUT2D eigenvalue weighted by molar-refractivity contribution is 0.660. The zero-order valence-electron chi connectivity index (χ0n) is 45.3. The van der Waals surface area contributed by atoms with Crippen LogP contribution in [0.2, 0.25) is 0 Å². The summed E-state index contributed by atoms with van der Waals surface area (Å²) in [5.74, 6) is 0. The third-order valence-corrected chi connectivity index (χ3v) is 14.0. The van der Waals surface area contributed by atoms with E-state index < -0.39 is 65.2 Å². The first-order valence-corrected chi connectivity index (χ1v) is 22.4. The molecule has 0 saturated heterocycles. The van der Waals surface area contributed by atoms with E-state index >= 15 is 0 Å². The maximum atomic E-state index is 9.91. The molecule has 0 amide bonds. The van der Waals surface area contributed by atoms with Gasteiger partial charge in [0.1, 0.15) is 0 Å². The van der Waals surface area contributed by atoms with Gasteiger partial charge in [0.2, 0.25) is 0 Å². The van der Waals surface area contributed by atoms with Crippen molar-refractivity contribution in [3.05, 3.63) is 276 Å². The van der Waals surface area contributed by atoms with Gasteiger partial charge in [-0.25, -0.2) is 0 Å². The summed E-state index contributed by atoms with van der Waals surface area (Å²) in [7, 11) is 0. The van der Waals surface area contributed by atoms with Crippen LogP contribution < -0.4 is 9.80 Å². The molecule has 0 aliphatic heterocycles. The average Bonchev–Trinajstić information content (AvgIpc) is 4.01. The average molecular weight is 852 g/mol. The number of nitrogens with zero attached hydrogens (tertiary/aromatic N) is 2. The van der Waals surface area contributed by atoms with Gasteiger partial charge in [-0.15, -0.1) is 0 Å². The van der Waals surface area contributed by atoms with E-state index in [0.29, 0.717) is 11.4 Å². The lowest BCUT2D eigenvalue weighted by Gasteiger charge is -2.33. The second-order valence-corrected chi connectivity index (χ2v) is 17.8. The van der Waals surface area contributed by atoms with Crippen molar-refractivity contribution in [1.82, 2.24) is 0 Å². The molecule has 0 bridgehead atoms. The van der Waals surface area contributed by atoms with Crippen molar-refractivity contribution in [2.45, 2.75) is 24.7 Å². The van der Waals surface area contributed by atoms with Gasteiger partial charge in [0.05, 0.1) is 17.8 Å². The Kier molecular flexibility index (Phi) is 6.67. The summed E-state index contributed by atoms with van der Waals surface area (Å²) >= 11 is 0. The number of benzene rings is 10. The number of para-hydroxylation sites is 2. The summed E-state index contributed by atoms with van der Waals surface area (Å²) in [6, 6.07) is 60.4. The van der Waals surface area contributed by atoms with Crippen LogP contribution >= 0.6 is 0 Å². The van der Waals surface area contributed by atoms with Gasteiger partial charge in [-0.3, -0.25) is 0 Å². The van der Waals surface area contributed by atoms with Crippen molar-refractivity contribution >= 4 is 34.1 Å². The molecule has 1 atom stereocenters. The summed E-state index contributed by atoms with van der Waals surface area (Å²) in [5, 5.41) is 0. The fourth-order valence-corrected chi connectivity index (χ4v) is 11.2.